The second-order valence-corrected chi connectivity index (χ2v) is 4.69. The number of hydrogen-bond donors (Lipinski definition) is 3. The van der Waals surface area contributed by atoms with E-state index in [1.165, 1.54) is 18.2 Å². The Morgan fingerprint density at radius 3 is 2.85 bits per heavy atom. The van der Waals surface area contributed by atoms with Crippen LogP contribution in [0.15, 0.2) is 36.4 Å². The van der Waals surface area contributed by atoms with E-state index in [4.69, 9.17) is 5.11 Å². The number of nitrogens with one attached hydrogen (secondary N) is 2. The van der Waals surface area contributed by atoms with Gasteiger partial charge in [-0.05, 0) is 18.6 Å². The highest BCUT2D eigenvalue weighted by molar-refractivity contribution is 5.89. The highest BCUT2D eigenvalue weighted by Gasteiger charge is 2.19. The molecular formula is C14H16F2N2O2. The molecule has 2 amide bonds. The Morgan fingerprint density at radius 2 is 2.20 bits per heavy atom. The molecule has 0 spiro atoms. The van der Waals surface area contributed by atoms with Crippen LogP contribution in [-0.4, -0.2) is 23.8 Å². The third-order valence-electron chi connectivity index (χ3n) is 3.12. The van der Waals surface area contributed by atoms with Gasteiger partial charge in [-0.2, -0.15) is 0 Å². The first-order chi connectivity index (χ1) is 9.58. The largest absolute Gasteiger partial charge is 0.396 e. The predicted molar refractivity (Wildman–Crippen MR) is 71.7 cm³/mol. The predicted octanol–water partition coefficient (Wildman–Crippen LogP) is 2.68. The average Bonchev–Trinajstić information content (AvgIpc) is 2.86. The summed E-state index contributed by atoms with van der Waals surface area (Å²) in [7, 11) is 0. The van der Waals surface area contributed by atoms with Crippen LogP contribution in [0.25, 0.3) is 0 Å². The minimum atomic E-state index is -2.57. The number of benzene rings is 1. The minimum Gasteiger partial charge on any atom is -0.396 e. The van der Waals surface area contributed by atoms with Gasteiger partial charge in [0.15, 0.2) is 0 Å². The molecule has 0 fully saturated rings. The van der Waals surface area contributed by atoms with E-state index >= 15 is 0 Å². The minimum absolute atomic E-state index is 0.0483. The summed E-state index contributed by atoms with van der Waals surface area (Å²) in [6, 6.07) is 4.96. The summed E-state index contributed by atoms with van der Waals surface area (Å²) in [6.45, 7) is 0.0483. The number of amides is 2. The Labute approximate surface area is 115 Å². The Bertz CT molecular complexity index is 506. The molecule has 0 bridgehead atoms. The second kappa shape index (κ2) is 6.47. The first-order valence-corrected chi connectivity index (χ1v) is 6.33. The number of anilines is 1. The van der Waals surface area contributed by atoms with Crippen molar-refractivity contribution in [2.75, 3.05) is 11.9 Å². The maximum Gasteiger partial charge on any atom is 0.319 e. The van der Waals surface area contributed by atoms with Crippen LogP contribution in [0.3, 0.4) is 0 Å². The Morgan fingerprint density at radius 1 is 1.40 bits per heavy atom. The smallest absolute Gasteiger partial charge is 0.319 e. The lowest BCUT2D eigenvalue weighted by atomic mass is 10.1. The number of carbonyl (C=O) groups is 1. The Kier molecular flexibility index (Phi) is 4.68. The average molecular weight is 282 g/mol. The van der Waals surface area contributed by atoms with Crippen LogP contribution in [0.5, 0.6) is 0 Å². The number of rotatable bonds is 4. The van der Waals surface area contributed by atoms with Gasteiger partial charge in [-0.25, -0.2) is 13.6 Å². The molecule has 6 heteroatoms. The van der Waals surface area contributed by atoms with Crippen LogP contribution in [0.1, 0.15) is 18.4 Å². The molecule has 20 heavy (non-hydrogen) atoms. The number of aliphatic hydroxyl groups is 1. The normalized spacial score (nSPS) is 21.2. The van der Waals surface area contributed by atoms with Gasteiger partial charge in [-0.1, -0.05) is 24.3 Å². The van der Waals surface area contributed by atoms with Gasteiger partial charge >= 0.3 is 6.03 Å². The lowest BCUT2D eigenvalue weighted by Gasteiger charge is -2.14. The molecule has 1 aromatic rings. The molecule has 0 aliphatic heterocycles. The fraction of sp³-hybridized carbons (Fsp3) is 0.357. The molecule has 4 nitrogen and oxygen atoms in total. The summed E-state index contributed by atoms with van der Waals surface area (Å²) < 4.78 is 25.1. The molecule has 0 saturated heterocycles. The third kappa shape index (κ3) is 3.77. The molecule has 1 aliphatic carbocycles. The van der Waals surface area contributed by atoms with E-state index in [0.29, 0.717) is 12.1 Å². The van der Waals surface area contributed by atoms with Gasteiger partial charge in [-0.15, -0.1) is 0 Å². The van der Waals surface area contributed by atoms with Crippen molar-refractivity contribution in [2.45, 2.75) is 18.9 Å². The van der Waals surface area contributed by atoms with Crippen molar-refractivity contribution in [3.63, 3.8) is 0 Å². The molecule has 0 heterocycles. The Balaban J connectivity index is 1.89. The SMILES string of the molecule is O=C(Nc1cccc(C(F)F)c1)N[C@@H]1C=C[C@H](CO)C1. The van der Waals surface area contributed by atoms with Crippen molar-refractivity contribution in [2.24, 2.45) is 5.92 Å². The standard InChI is InChI=1S/C14H16F2N2O2/c15-13(16)10-2-1-3-11(7-10)17-14(20)18-12-5-4-9(6-12)8-19/h1-5,7,9,12-13,19H,6,8H2,(H2,17,18,20)/t9-,12+/m0/s1. The van der Waals surface area contributed by atoms with Crippen LogP contribution in [-0.2, 0) is 0 Å². The lowest BCUT2D eigenvalue weighted by Crippen LogP contribution is -2.36. The van der Waals surface area contributed by atoms with Crippen LogP contribution in [0.4, 0.5) is 19.3 Å². The molecule has 2 atom stereocenters. The maximum absolute atomic E-state index is 12.5. The molecular weight excluding hydrogens is 266 g/mol. The summed E-state index contributed by atoms with van der Waals surface area (Å²) >= 11 is 0. The summed E-state index contributed by atoms with van der Waals surface area (Å²) in [5, 5.41) is 14.2. The number of alkyl halides is 2. The van der Waals surface area contributed by atoms with Gasteiger partial charge in [0, 0.05) is 29.8 Å². The summed E-state index contributed by atoms with van der Waals surface area (Å²) in [6.07, 6.45) is 1.74. The highest BCUT2D eigenvalue weighted by Crippen LogP contribution is 2.22. The van der Waals surface area contributed by atoms with Crippen molar-refractivity contribution in [1.29, 1.82) is 0 Å². The highest BCUT2D eigenvalue weighted by atomic mass is 19.3. The summed E-state index contributed by atoms with van der Waals surface area (Å²) in [5.74, 6) is 0.0578. The topological polar surface area (TPSA) is 61.4 Å². The Hall–Kier alpha value is -1.95. The zero-order valence-corrected chi connectivity index (χ0v) is 10.7. The van der Waals surface area contributed by atoms with Crippen molar-refractivity contribution in [3.8, 4) is 0 Å². The molecule has 0 aromatic heterocycles. The van der Waals surface area contributed by atoms with E-state index in [9.17, 15) is 13.6 Å². The number of hydrogen-bond acceptors (Lipinski definition) is 2. The van der Waals surface area contributed by atoms with E-state index in [1.807, 2.05) is 12.2 Å². The van der Waals surface area contributed by atoms with E-state index in [-0.39, 0.29) is 24.1 Å². The number of carbonyl (C=O) groups excluding carboxylic acids is 1. The van der Waals surface area contributed by atoms with Crippen LogP contribution in [0.2, 0.25) is 0 Å². The zero-order chi connectivity index (χ0) is 14.5. The molecule has 2 rings (SSSR count). The molecule has 108 valence electrons. The quantitative estimate of drug-likeness (QED) is 0.743. The molecule has 1 aromatic carbocycles. The van der Waals surface area contributed by atoms with Crippen molar-refractivity contribution < 1.29 is 18.7 Å². The van der Waals surface area contributed by atoms with E-state index in [1.54, 1.807) is 6.07 Å². The van der Waals surface area contributed by atoms with Crippen LogP contribution < -0.4 is 10.6 Å². The van der Waals surface area contributed by atoms with E-state index < -0.39 is 12.5 Å². The maximum atomic E-state index is 12.5. The number of aliphatic hydroxyl groups excluding tert-OH is 1. The zero-order valence-electron chi connectivity index (χ0n) is 10.7. The monoisotopic (exact) mass is 282 g/mol. The van der Waals surface area contributed by atoms with Crippen molar-refractivity contribution in [1.82, 2.24) is 5.32 Å². The summed E-state index contributed by atoms with van der Waals surface area (Å²) in [4.78, 5) is 11.7. The first-order valence-electron chi connectivity index (χ1n) is 6.33. The van der Waals surface area contributed by atoms with Gasteiger partial charge in [0.2, 0.25) is 0 Å². The molecule has 1 aliphatic rings. The third-order valence-corrected chi connectivity index (χ3v) is 3.12. The molecule has 0 saturated carbocycles. The number of urea groups is 1. The molecule has 3 N–H and O–H groups in total. The van der Waals surface area contributed by atoms with Gasteiger partial charge in [0.25, 0.3) is 6.43 Å². The van der Waals surface area contributed by atoms with Crippen molar-refractivity contribution in [3.05, 3.63) is 42.0 Å². The fourth-order valence-corrected chi connectivity index (χ4v) is 2.10. The molecule has 0 unspecified atom stereocenters. The van der Waals surface area contributed by atoms with Crippen LogP contribution >= 0.6 is 0 Å². The van der Waals surface area contributed by atoms with Gasteiger partial charge < -0.3 is 15.7 Å². The van der Waals surface area contributed by atoms with Crippen LogP contribution in [0, 0.1) is 5.92 Å². The van der Waals surface area contributed by atoms with Gasteiger partial charge in [0.05, 0.1) is 0 Å². The van der Waals surface area contributed by atoms with E-state index in [2.05, 4.69) is 10.6 Å². The fourth-order valence-electron chi connectivity index (χ4n) is 2.10. The van der Waals surface area contributed by atoms with Crippen molar-refractivity contribution >= 4 is 11.7 Å². The second-order valence-electron chi connectivity index (χ2n) is 4.69. The first kappa shape index (κ1) is 14.5. The lowest BCUT2D eigenvalue weighted by molar-refractivity contribution is 0.151. The van der Waals surface area contributed by atoms with E-state index in [0.717, 1.165) is 0 Å². The van der Waals surface area contributed by atoms with Gasteiger partial charge in [-0.3, -0.25) is 0 Å². The summed E-state index contributed by atoms with van der Waals surface area (Å²) in [5.41, 5.74) is 0.185. The van der Waals surface area contributed by atoms with Gasteiger partial charge in [0.1, 0.15) is 0 Å². The number of halogens is 2. The molecule has 0 radical (unpaired) electrons.